The van der Waals surface area contributed by atoms with Crippen molar-refractivity contribution in [1.82, 2.24) is 0 Å². The average Bonchev–Trinajstić information content (AvgIpc) is 2.30. The number of benzene rings is 1. The monoisotopic (exact) mass is 534 g/mol. The molecule has 0 unspecified atom stereocenters. The normalized spacial score (nSPS) is 12.8. The highest BCUT2D eigenvalue weighted by molar-refractivity contribution is 9.25. The van der Waals surface area contributed by atoms with Crippen LogP contribution in [0.4, 0.5) is 0 Å². The Balaban J connectivity index is 2.28. The lowest BCUT2D eigenvalue weighted by Gasteiger charge is -2.05. The lowest BCUT2D eigenvalue weighted by atomic mass is 10.4. The number of hydrogen-bond donors (Lipinski definition) is 0. The standard InChI is InChI=1S/C12H18Br4Si2/c13-11(14)5-7-17-9-1-2-10(4-3-9)18-8-6-12(15)16/h1-4,11-12H,5-8,17-18H2. The third kappa shape index (κ3) is 8.69. The second-order valence-electron chi connectivity index (χ2n) is 4.38. The van der Waals surface area contributed by atoms with Crippen LogP contribution in [0.1, 0.15) is 12.8 Å². The Hall–Kier alpha value is 1.57. The Morgan fingerprint density at radius 1 is 0.722 bits per heavy atom. The molecule has 0 heterocycles. The topological polar surface area (TPSA) is 0 Å². The van der Waals surface area contributed by atoms with Gasteiger partial charge in [-0.2, -0.15) is 0 Å². The molecule has 102 valence electrons. The van der Waals surface area contributed by atoms with Gasteiger partial charge >= 0.3 is 0 Å². The molecular formula is C12H18Br4Si2. The molecule has 1 aromatic carbocycles. The van der Waals surface area contributed by atoms with Gasteiger partial charge in [-0.15, -0.1) is 0 Å². The molecule has 1 aromatic rings. The summed E-state index contributed by atoms with van der Waals surface area (Å²) in [7, 11) is -0.124. The van der Waals surface area contributed by atoms with E-state index in [1.54, 1.807) is 10.4 Å². The van der Waals surface area contributed by atoms with Gasteiger partial charge in [-0.3, -0.25) is 0 Å². The van der Waals surface area contributed by atoms with Crippen LogP contribution in [0.3, 0.4) is 0 Å². The predicted molar refractivity (Wildman–Crippen MR) is 105 cm³/mol. The van der Waals surface area contributed by atoms with Crippen LogP contribution in [0.2, 0.25) is 12.1 Å². The van der Waals surface area contributed by atoms with Gasteiger partial charge in [0.25, 0.3) is 0 Å². The molecule has 0 amide bonds. The lowest BCUT2D eigenvalue weighted by Crippen LogP contribution is -2.20. The van der Waals surface area contributed by atoms with E-state index in [9.17, 15) is 0 Å². The summed E-state index contributed by atoms with van der Waals surface area (Å²) < 4.78 is 0.983. The number of halogens is 4. The maximum absolute atomic E-state index is 3.54. The molecule has 0 bridgehead atoms. The van der Waals surface area contributed by atoms with Gasteiger partial charge in [-0.1, -0.05) is 110 Å². The van der Waals surface area contributed by atoms with Crippen molar-refractivity contribution in [3.8, 4) is 0 Å². The molecule has 0 saturated carbocycles. The minimum absolute atomic E-state index is 0.0618. The molecule has 0 atom stereocenters. The summed E-state index contributed by atoms with van der Waals surface area (Å²) in [6.45, 7) is 0. The van der Waals surface area contributed by atoms with Crippen molar-refractivity contribution in [3.05, 3.63) is 24.3 Å². The van der Waals surface area contributed by atoms with Crippen LogP contribution >= 0.6 is 63.7 Å². The minimum Gasteiger partial charge on any atom is -0.0765 e. The van der Waals surface area contributed by atoms with Gasteiger partial charge in [-0.25, -0.2) is 0 Å². The summed E-state index contributed by atoms with van der Waals surface area (Å²) in [5, 5.41) is 3.21. The quantitative estimate of drug-likeness (QED) is 0.353. The van der Waals surface area contributed by atoms with E-state index in [0.29, 0.717) is 7.47 Å². The Labute approximate surface area is 148 Å². The highest BCUT2D eigenvalue weighted by atomic mass is 79.9. The first kappa shape index (κ1) is 17.6. The molecule has 0 aliphatic rings. The van der Waals surface area contributed by atoms with E-state index in [2.05, 4.69) is 88.0 Å². The summed E-state index contributed by atoms with van der Waals surface area (Å²) in [6, 6.07) is 12.2. The van der Waals surface area contributed by atoms with E-state index in [1.165, 1.54) is 24.9 Å². The van der Waals surface area contributed by atoms with E-state index in [1.807, 2.05) is 0 Å². The third-order valence-electron chi connectivity index (χ3n) is 2.80. The largest absolute Gasteiger partial charge is 0.0765 e. The minimum atomic E-state index is -0.0618. The number of hydrogen-bond acceptors (Lipinski definition) is 0. The SMILES string of the molecule is BrC(Br)CC[SiH2]c1ccc([SiH2]CCC(Br)Br)cc1. The fourth-order valence-electron chi connectivity index (χ4n) is 1.79. The molecule has 18 heavy (non-hydrogen) atoms. The Kier molecular flexibility index (Phi) is 10.1. The molecule has 1 rings (SSSR count). The predicted octanol–water partition coefficient (Wildman–Crippen LogP) is 3.12. The summed E-state index contributed by atoms with van der Waals surface area (Å²) in [5.74, 6) is 0. The van der Waals surface area contributed by atoms with E-state index in [0.717, 1.165) is 0 Å². The summed E-state index contributed by atoms with van der Waals surface area (Å²) in [4.78, 5) is 0. The molecule has 0 aliphatic carbocycles. The van der Waals surface area contributed by atoms with Crippen molar-refractivity contribution >= 4 is 93.1 Å². The van der Waals surface area contributed by atoms with Crippen molar-refractivity contribution < 1.29 is 0 Å². The van der Waals surface area contributed by atoms with Crippen LogP contribution in [-0.2, 0) is 0 Å². The van der Waals surface area contributed by atoms with E-state index in [-0.39, 0.29) is 19.0 Å². The first-order chi connectivity index (χ1) is 8.58. The zero-order chi connectivity index (χ0) is 13.4. The van der Waals surface area contributed by atoms with Crippen molar-refractivity contribution in [2.45, 2.75) is 32.4 Å². The van der Waals surface area contributed by atoms with E-state index >= 15 is 0 Å². The Bertz CT molecular complexity index is 294. The number of alkyl halides is 4. The van der Waals surface area contributed by atoms with Crippen LogP contribution in [0.15, 0.2) is 24.3 Å². The Morgan fingerprint density at radius 3 is 1.33 bits per heavy atom. The molecule has 0 spiro atoms. The summed E-state index contributed by atoms with van der Waals surface area (Å²) >= 11 is 14.1. The van der Waals surface area contributed by atoms with Gasteiger partial charge < -0.3 is 0 Å². The fraction of sp³-hybridized carbons (Fsp3) is 0.500. The molecule has 6 heteroatoms. The molecule has 0 N–H and O–H groups in total. The fourth-order valence-corrected chi connectivity index (χ4v) is 8.66. The van der Waals surface area contributed by atoms with Gasteiger partial charge in [-0.05, 0) is 12.8 Å². The lowest BCUT2D eigenvalue weighted by molar-refractivity contribution is 1.07. The highest BCUT2D eigenvalue weighted by Crippen LogP contribution is 2.15. The molecule has 0 nitrogen and oxygen atoms in total. The Morgan fingerprint density at radius 2 is 1.06 bits per heavy atom. The first-order valence-corrected chi connectivity index (χ1v) is 13.3. The number of rotatable bonds is 8. The summed E-state index contributed by atoms with van der Waals surface area (Å²) in [6.07, 6.45) is 2.47. The third-order valence-corrected chi connectivity index (χ3v) is 8.25. The maximum atomic E-state index is 3.54. The summed E-state index contributed by atoms with van der Waals surface area (Å²) in [5.41, 5.74) is 0. The van der Waals surface area contributed by atoms with Gasteiger partial charge in [0.2, 0.25) is 0 Å². The smallest absolute Gasteiger partial charge is 0.0695 e. The van der Waals surface area contributed by atoms with E-state index < -0.39 is 0 Å². The second-order valence-corrected chi connectivity index (χ2v) is 15.3. The van der Waals surface area contributed by atoms with Crippen molar-refractivity contribution in [1.29, 1.82) is 0 Å². The van der Waals surface area contributed by atoms with Gasteiger partial charge in [0.1, 0.15) is 0 Å². The molecule has 0 aliphatic heterocycles. The van der Waals surface area contributed by atoms with Crippen LogP contribution in [0, 0.1) is 0 Å². The molecular weight excluding hydrogens is 520 g/mol. The van der Waals surface area contributed by atoms with Crippen LogP contribution in [-0.4, -0.2) is 26.5 Å². The van der Waals surface area contributed by atoms with Crippen molar-refractivity contribution in [3.63, 3.8) is 0 Å². The van der Waals surface area contributed by atoms with Crippen LogP contribution < -0.4 is 10.4 Å². The molecule has 0 fully saturated rings. The maximum Gasteiger partial charge on any atom is 0.0695 e. The van der Waals surface area contributed by atoms with Crippen LogP contribution in [0.5, 0.6) is 0 Å². The zero-order valence-electron chi connectivity index (χ0n) is 10.2. The molecule has 0 radical (unpaired) electrons. The van der Waals surface area contributed by atoms with Gasteiger partial charge in [0.15, 0.2) is 0 Å². The van der Waals surface area contributed by atoms with Crippen molar-refractivity contribution in [2.75, 3.05) is 0 Å². The van der Waals surface area contributed by atoms with Gasteiger partial charge in [0, 0.05) is 0 Å². The van der Waals surface area contributed by atoms with Crippen molar-refractivity contribution in [2.24, 2.45) is 0 Å². The zero-order valence-corrected chi connectivity index (χ0v) is 19.4. The molecule has 0 aromatic heterocycles. The highest BCUT2D eigenvalue weighted by Gasteiger charge is 2.01. The van der Waals surface area contributed by atoms with Crippen LogP contribution in [0.25, 0.3) is 0 Å². The second kappa shape index (κ2) is 10.3. The van der Waals surface area contributed by atoms with E-state index in [4.69, 9.17) is 0 Å². The van der Waals surface area contributed by atoms with Gasteiger partial charge in [0.05, 0.1) is 26.5 Å². The first-order valence-electron chi connectivity index (χ1n) is 6.22. The molecule has 0 saturated heterocycles. The average molecular weight is 538 g/mol.